The Hall–Kier alpha value is -0.990. The maximum absolute atomic E-state index is 10.2. The van der Waals surface area contributed by atoms with Gasteiger partial charge in [-0.25, -0.2) is 4.79 Å². The zero-order valence-electron chi connectivity index (χ0n) is 7.22. The van der Waals surface area contributed by atoms with Crippen molar-refractivity contribution in [1.29, 1.82) is 0 Å². The first kappa shape index (κ1) is 10.0. The van der Waals surface area contributed by atoms with Gasteiger partial charge in [0, 0.05) is 0 Å². The Bertz CT molecular complexity index is 177. The molecule has 0 amide bonds. The van der Waals surface area contributed by atoms with Gasteiger partial charge in [0.15, 0.2) is 0 Å². The topological polar surface area (TPSA) is 63.3 Å². The van der Waals surface area contributed by atoms with Crippen molar-refractivity contribution in [2.45, 2.75) is 27.2 Å². The van der Waals surface area contributed by atoms with Gasteiger partial charge in [0.25, 0.3) is 0 Å². The van der Waals surface area contributed by atoms with Crippen molar-refractivity contribution in [1.82, 2.24) is 0 Å². The summed E-state index contributed by atoms with van der Waals surface area (Å²) in [5.74, 6) is -1.05. The number of allylic oxidation sites excluding steroid dienone is 1. The molecule has 3 N–H and O–H groups in total. The molecule has 0 radical (unpaired) electrons. The van der Waals surface area contributed by atoms with E-state index in [9.17, 15) is 4.79 Å². The molecule has 0 aromatic heterocycles. The third-order valence-corrected chi connectivity index (χ3v) is 1.18. The minimum absolute atomic E-state index is 0.0695. The summed E-state index contributed by atoms with van der Waals surface area (Å²) in [7, 11) is 0. The fourth-order valence-corrected chi connectivity index (χ4v) is 0.503. The number of nitrogens with two attached hydrogens (primary N) is 1. The van der Waals surface area contributed by atoms with E-state index in [2.05, 4.69) is 0 Å². The predicted molar refractivity (Wildman–Crippen MR) is 44.0 cm³/mol. The second-order valence-corrected chi connectivity index (χ2v) is 3.73. The van der Waals surface area contributed by atoms with Gasteiger partial charge in [-0.1, -0.05) is 26.8 Å². The first-order valence-corrected chi connectivity index (χ1v) is 3.52. The van der Waals surface area contributed by atoms with Crippen LogP contribution in [0.15, 0.2) is 11.8 Å². The molecule has 0 fully saturated rings. The first-order valence-electron chi connectivity index (χ1n) is 3.52. The van der Waals surface area contributed by atoms with Gasteiger partial charge in [-0.05, 0) is 11.8 Å². The number of carboxylic acid groups (broad SMARTS) is 1. The van der Waals surface area contributed by atoms with Gasteiger partial charge >= 0.3 is 5.97 Å². The van der Waals surface area contributed by atoms with Crippen LogP contribution in [0.3, 0.4) is 0 Å². The van der Waals surface area contributed by atoms with Crippen molar-refractivity contribution >= 4 is 5.97 Å². The molecule has 0 aliphatic heterocycles. The van der Waals surface area contributed by atoms with E-state index in [0.717, 1.165) is 0 Å². The summed E-state index contributed by atoms with van der Waals surface area (Å²) >= 11 is 0. The van der Waals surface area contributed by atoms with Gasteiger partial charge in [-0.15, -0.1) is 0 Å². The quantitative estimate of drug-likeness (QED) is 0.595. The zero-order valence-corrected chi connectivity index (χ0v) is 7.22. The number of hydrogen-bond donors (Lipinski definition) is 2. The number of hydrogen-bond acceptors (Lipinski definition) is 2. The Kier molecular flexibility index (Phi) is 3.11. The standard InChI is InChI=1S/C8H15NO2/c1-8(2,3)5-4-6(9)7(10)11/h4H,5,9H2,1-3H3,(H,10,11)/b6-4-. The Morgan fingerprint density at radius 2 is 2.00 bits per heavy atom. The van der Waals surface area contributed by atoms with E-state index in [1.807, 2.05) is 20.8 Å². The van der Waals surface area contributed by atoms with E-state index in [0.29, 0.717) is 6.42 Å². The molecule has 0 aliphatic carbocycles. The second kappa shape index (κ2) is 3.42. The first-order chi connectivity index (χ1) is 4.83. The lowest BCUT2D eigenvalue weighted by Gasteiger charge is -2.14. The summed E-state index contributed by atoms with van der Waals surface area (Å²) < 4.78 is 0. The minimum atomic E-state index is -1.05. The van der Waals surface area contributed by atoms with E-state index < -0.39 is 5.97 Å². The molecular formula is C8H15NO2. The van der Waals surface area contributed by atoms with E-state index in [1.165, 1.54) is 0 Å². The Labute approximate surface area is 66.9 Å². The lowest BCUT2D eigenvalue weighted by molar-refractivity contribution is -0.132. The van der Waals surface area contributed by atoms with Crippen LogP contribution in [0.1, 0.15) is 27.2 Å². The van der Waals surface area contributed by atoms with Crippen LogP contribution in [0, 0.1) is 5.41 Å². The average molecular weight is 157 g/mol. The highest BCUT2D eigenvalue weighted by Gasteiger charge is 2.09. The highest BCUT2D eigenvalue weighted by atomic mass is 16.4. The zero-order chi connectivity index (χ0) is 9.07. The fourth-order valence-electron chi connectivity index (χ4n) is 0.503. The molecular weight excluding hydrogens is 142 g/mol. The molecule has 64 valence electrons. The molecule has 0 atom stereocenters. The summed E-state index contributed by atoms with van der Waals surface area (Å²) in [5, 5.41) is 8.39. The van der Waals surface area contributed by atoms with Gasteiger partial charge in [0.2, 0.25) is 0 Å². The Morgan fingerprint density at radius 3 is 2.27 bits per heavy atom. The maximum atomic E-state index is 10.2. The summed E-state index contributed by atoms with van der Waals surface area (Å²) in [6.07, 6.45) is 2.23. The molecule has 0 saturated carbocycles. The van der Waals surface area contributed by atoms with Gasteiger partial charge < -0.3 is 10.8 Å². The third-order valence-electron chi connectivity index (χ3n) is 1.18. The molecule has 0 unspecified atom stereocenters. The van der Waals surface area contributed by atoms with Crippen LogP contribution < -0.4 is 5.73 Å². The van der Waals surface area contributed by atoms with E-state index >= 15 is 0 Å². The molecule has 0 aromatic rings. The van der Waals surface area contributed by atoms with Crippen molar-refractivity contribution in [3.8, 4) is 0 Å². The SMILES string of the molecule is CC(C)(C)C/C=C(\N)C(=O)O. The van der Waals surface area contributed by atoms with Crippen LogP contribution in [0.5, 0.6) is 0 Å². The summed E-state index contributed by atoms with van der Waals surface area (Å²) in [5.41, 5.74) is 5.21. The molecule has 0 heterocycles. The largest absolute Gasteiger partial charge is 0.477 e. The smallest absolute Gasteiger partial charge is 0.351 e. The normalized spacial score (nSPS) is 13.2. The number of rotatable bonds is 2. The molecule has 3 nitrogen and oxygen atoms in total. The summed E-state index contributed by atoms with van der Waals surface area (Å²) in [6, 6.07) is 0. The minimum Gasteiger partial charge on any atom is -0.477 e. The van der Waals surface area contributed by atoms with Gasteiger partial charge in [0.1, 0.15) is 5.70 Å². The maximum Gasteiger partial charge on any atom is 0.351 e. The van der Waals surface area contributed by atoms with Crippen molar-refractivity contribution in [2.24, 2.45) is 11.1 Å². The number of aliphatic carboxylic acids is 1. The lowest BCUT2D eigenvalue weighted by atomic mass is 9.92. The van der Waals surface area contributed by atoms with Crippen molar-refractivity contribution in [2.75, 3.05) is 0 Å². The molecule has 0 aromatic carbocycles. The monoisotopic (exact) mass is 157 g/mol. The van der Waals surface area contributed by atoms with Crippen LogP contribution in [0.2, 0.25) is 0 Å². The molecule has 11 heavy (non-hydrogen) atoms. The summed E-state index contributed by atoms with van der Waals surface area (Å²) in [4.78, 5) is 10.2. The molecule has 0 saturated heterocycles. The van der Waals surface area contributed by atoms with Crippen LogP contribution in [0.4, 0.5) is 0 Å². The van der Waals surface area contributed by atoms with Crippen LogP contribution in [0.25, 0.3) is 0 Å². The Balaban J connectivity index is 4.04. The highest BCUT2D eigenvalue weighted by molar-refractivity contribution is 5.85. The third kappa shape index (κ3) is 5.45. The van der Waals surface area contributed by atoms with E-state index in [4.69, 9.17) is 10.8 Å². The molecule has 0 spiro atoms. The predicted octanol–water partition coefficient (Wildman–Crippen LogP) is 1.35. The van der Waals surface area contributed by atoms with Gasteiger partial charge in [0.05, 0.1) is 0 Å². The molecule has 0 rings (SSSR count). The van der Waals surface area contributed by atoms with Gasteiger partial charge in [-0.3, -0.25) is 0 Å². The molecule has 3 heteroatoms. The van der Waals surface area contributed by atoms with Crippen molar-refractivity contribution in [3.63, 3.8) is 0 Å². The molecule has 0 bridgehead atoms. The van der Waals surface area contributed by atoms with Crippen LogP contribution in [-0.4, -0.2) is 11.1 Å². The van der Waals surface area contributed by atoms with E-state index in [-0.39, 0.29) is 11.1 Å². The van der Waals surface area contributed by atoms with Gasteiger partial charge in [-0.2, -0.15) is 0 Å². The number of carboxylic acids is 1. The average Bonchev–Trinajstić information content (AvgIpc) is 1.80. The number of carbonyl (C=O) groups is 1. The Morgan fingerprint density at radius 1 is 1.55 bits per heavy atom. The summed E-state index contributed by atoms with van der Waals surface area (Å²) in [6.45, 7) is 6.08. The highest BCUT2D eigenvalue weighted by Crippen LogP contribution is 2.19. The second-order valence-electron chi connectivity index (χ2n) is 3.73. The van der Waals surface area contributed by atoms with Crippen LogP contribution in [-0.2, 0) is 4.79 Å². The van der Waals surface area contributed by atoms with Crippen molar-refractivity contribution in [3.05, 3.63) is 11.8 Å². The van der Waals surface area contributed by atoms with E-state index in [1.54, 1.807) is 6.08 Å². The molecule has 0 aliphatic rings. The lowest BCUT2D eigenvalue weighted by Crippen LogP contribution is -2.12. The van der Waals surface area contributed by atoms with Crippen molar-refractivity contribution < 1.29 is 9.90 Å². The fraction of sp³-hybridized carbons (Fsp3) is 0.625. The van der Waals surface area contributed by atoms with Crippen LogP contribution >= 0.6 is 0 Å².